The number of hydrogen-bond acceptors (Lipinski definition) is 1. The van der Waals surface area contributed by atoms with E-state index in [1.807, 2.05) is 0 Å². The molecule has 3 heteroatoms. The zero-order valence-corrected chi connectivity index (χ0v) is 5.98. The SMILES string of the molecule is OC1CC(Br)C1Cl. The molecule has 1 saturated carbocycles. The summed E-state index contributed by atoms with van der Waals surface area (Å²) in [4.78, 5) is 0.337. The van der Waals surface area contributed by atoms with Crippen LogP contribution >= 0.6 is 27.5 Å². The molecule has 0 spiro atoms. The Kier molecular flexibility index (Phi) is 1.61. The van der Waals surface area contributed by atoms with Crippen molar-refractivity contribution in [2.45, 2.75) is 22.7 Å². The molecule has 3 atom stereocenters. The highest BCUT2D eigenvalue weighted by Gasteiger charge is 2.36. The maximum absolute atomic E-state index is 8.72. The van der Waals surface area contributed by atoms with Gasteiger partial charge in [-0.25, -0.2) is 0 Å². The average molecular weight is 185 g/mol. The van der Waals surface area contributed by atoms with Gasteiger partial charge in [-0.15, -0.1) is 11.6 Å². The van der Waals surface area contributed by atoms with Crippen molar-refractivity contribution in [1.82, 2.24) is 0 Å². The first-order chi connectivity index (χ1) is 3.22. The Morgan fingerprint density at radius 3 is 2.29 bits per heavy atom. The van der Waals surface area contributed by atoms with E-state index in [0.717, 1.165) is 6.42 Å². The fraction of sp³-hybridized carbons (Fsp3) is 1.00. The lowest BCUT2D eigenvalue weighted by atomic mass is 9.96. The number of rotatable bonds is 0. The third-order valence-electron chi connectivity index (χ3n) is 1.18. The highest BCUT2D eigenvalue weighted by atomic mass is 79.9. The number of hydrogen-bond donors (Lipinski definition) is 1. The van der Waals surface area contributed by atoms with Crippen LogP contribution in [0.15, 0.2) is 0 Å². The molecule has 1 N–H and O–H groups in total. The second-order valence-electron chi connectivity index (χ2n) is 1.76. The minimum Gasteiger partial charge on any atom is -0.392 e. The van der Waals surface area contributed by atoms with Gasteiger partial charge in [0.2, 0.25) is 0 Å². The smallest absolute Gasteiger partial charge is 0.0725 e. The lowest BCUT2D eigenvalue weighted by molar-refractivity contribution is 0.108. The summed E-state index contributed by atoms with van der Waals surface area (Å²) in [6.07, 6.45) is 0.528. The molecule has 0 aromatic heterocycles. The Balaban J connectivity index is 2.29. The van der Waals surface area contributed by atoms with E-state index in [4.69, 9.17) is 16.7 Å². The number of halogens is 2. The van der Waals surface area contributed by atoms with Crippen LogP contribution in [0.3, 0.4) is 0 Å². The van der Waals surface area contributed by atoms with Gasteiger partial charge in [-0.3, -0.25) is 0 Å². The van der Waals surface area contributed by atoms with Crippen molar-refractivity contribution < 1.29 is 5.11 Å². The molecule has 1 nitrogen and oxygen atoms in total. The Hall–Kier alpha value is 0.730. The fourth-order valence-corrected chi connectivity index (χ4v) is 1.48. The minimum atomic E-state index is -0.272. The van der Waals surface area contributed by atoms with E-state index in [0.29, 0.717) is 4.83 Å². The molecule has 1 fully saturated rings. The van der Waals surface area contributed by atoms with Crippen LogP contribution in [0.5, 0.6) is 0 Å². The zero-order chi connectivity index (χ0) is 5.44. The van der Waals surface area contributed by atoms with Gasteiger partial charge in [-0.1, -0.05) is 15.9 Å². The van der Waals surface area contributed by atoms with Crippen LogP contribution in [0.4, 0.5) is 0 Å². The quantitative estimate of drug-likeness (QED) is 0.561. The van der Waals surface area contributed by atoms with Crippen molar-refractivity contribution >= 4 is 27.5 Å². The Morgan fingerprint density at radius 1 is 1.71 bits per heavy atom. The van der Waals surface area contributed by atoms with Gasteiger partial charge in [0.15, 0.2) is 0 Å². The van der Waals surface area contributed by atoms with E-state index in [9.17, 15) is 0 Å². The third-order valence-corrected chi connectivity index (χ3v) is 3.02. The normalized spacial score (nSPS) is 51.0. The van der Waals surface area contributed by atoms with Crippen molar-refractivity contribution in [2.24, 2.45) is 0 Å². The van der Waals surface area contributed by atoms with Crippen LogP contribution in [0, 0.1) is 0 Å². The van der Waals surface area contributed by atoms with E-state index in [2.05, 4.69) is 15.9 Å². The van der Waals surface area contributed by atoms with Crippen LogP contribution in [0.2, 0.25) is 0 Å². The topological polar surface area (TPSA) is 20.2 Å². The number of aliphatic hydroxyl groups is 1. The van der Waals surface area contributed by atoms with E-state index in [-0.39, 0.29) is 11.5 Å². The summed E-state index contributed by atoms with van der Waals surface area (Å²) < 4.78 is 0. The largest absolute Gasteiger partial charge is 0.392 e. The molecule has 0 aliphatic heterocycles. The molecule has 0 radical (unpaired) electrons. The molecule has 1 rings (SSSR count). The minimum absolute atomic E-state index is 0.0556. The molecule has 7 heavy (non-hydrogen) atoms. The lowest BCUT2D eigenvalue weighted by Gasteiger charge is -2.32. The molecule has 0 aromatic carbocycles. The maximum Gasteiger partial charge on any atom is 0.0725 e. The molecule has 3 unspecified atom stereocenters. The standard InChI is InChI=1S/C4H6BrClO/c5-2-1-3(7)4(2)6/h2-4,7H,1H2. The molecule has 1 aliphatic rings. The van der Waals surface area contributed by atoms with E-state index in [1.165, 1.54) is 0 Å². The second kappa shape index (κ2) is 1.92. The summed E-state index contributed by atoms with van der Waals surface area (Å²) in [6.45, 7) is 0. The van der Waals surface area contributed by atoms with E-state index >= 15 is 0 Å². The van der Waals surface area contributed by atoms with E-state index in [1.54, 1.807) is 0 Å². The highest BCUT2D eigenvalue weighted by molar-refractivity contribution is 9.09. The lowest BCUT2D eigenvalue weighted by Crippen LogP contribution is -2.42. The van der Waals surface area contributed by atoms with Crippen LogP contribution < -0.4 is 0 Å². The molecule has 0 heterocycles. The number of alkyl halides is 2. The summed E-state index contributed by atoms with van der Waals surface area (Å²) in [5.41, 5.74) is 0. The third kappa shape index (κ3) is 0.929. The van der Waals surface area contributed by atoms with Crippen LogP contribution in [0.25, 0.3) is 0 Å². The summed E-state index contributed by atoms with van der Waals surface area (Å²) in [5.74, 6) is 0. The van der Waals surface area contributed by atoms with Gasteiger partial charge in [0, 0.05) is 4.83 Å². The summed E-state index contributed by atoms with van der Waals surface area (Å²) in [5, 5.41) is 8.67. The summed E-state index contributed by atoms with van der Waals surface area (Å²) in [6, 6.07) is 0. The molecular formula is C4H6BrClO. The first-order valence-corrected chi connectivity index (χ1v) is 3.53. The molecular weight excluding hydrogens is 179 g/mol. The molecule has 0 bridgehead atoms. The average Bonchev–Trinajstić information content (AvgIpc) is 1.68. The zero-order valence-electron chi connectivity index (χ0n) is 3.64. The Labute approximate surface area is 55.8 Å². The number of aliphatic hydroxyl groups excluding tert-OH is 1. The van der Waals surface area contributed by atoms with Gasteiger partial charge in [0.1, 0.15) is 0 Å². The Morgan fingerprint density at radius 2 is 2.29 bits per heavy atom. The van der Waals surface area contributed by atoms with Crippen molar-refractivity contribution in [1.29, 1.82) is 0 Å². The molecule has 0 aromatic rings. The van der Waals surface area contributed by atoms with Gasteiger partial charge in [-0.05, 0) is 6.42 Å². The van der Waals surface area contributed by atoms with Gasteiger partial charge >= 0.3 is 0 Å². The summed E-state index contributed by atoms with van der Waals surface area (Å²) >= 11 is 8.83. The maximum atomic E-state index is 8.72. The van der Waals surface area contributed by atoms with Crippen molar-refractivity contribution in [2.75, 3.05) is 0 Å². The summed E-state index contributed by atoms with van der Waals surface area (Å²) in [7, 11) is 0. The van der Waals surface area contributed by atoms with Gasteiger partial charge in [0.05, 0.1) is 11.5 Å². The first kappa shape index (κ1) is 5.86. The van der Waals surface area contributed by atoms with Crippen LogP contribution in [-0.2, 0) is 0 Å². The fourth-order valence-electron chi connectivity index (χ4n) is 0.536. The van der Waals surface area contributed by atoms with Crippen molar-refractivity contribution in [3.05, 3.63) is 0 Å². The van der Waals surface area contributed by atoms with Crippen molar-refractivity contribution in [3.63, 3.8) is 0 Å². The molecule has 0 saturated heterocycles. The molecule has 42 valence electrons. The predicted molar refractivity (Wildman–Crippen MR) is 33.0 cm³/mol. The van der Waals surface area contributed by atoms with E-state index < -0.39 is 0 Å². The van der Waals surface area contributed by atoms with Gasteiger partial charge in [0.25, 0.3) is 0 Å². The second-order valence-corrected chi connectivity index (χ2v) is 3.44. The monoisotopic (exact) mass is 184 g/mol. The Bertz CT molecular complexity index is 70.1. The van der Waals surface area contributed by atoms with Gasteiger partial charge < -0.3 is 5.11 Å². The van der Waals surface area contributed by atoms with Crippen LogP contribution in [0.1, 0.15) is 6.42 Å². The van der Waals surface area contributed by atoms with Gasteiger partial charge in [-0.2, -0.15) is 0 Å². The molecule has 1 aliphatic carbocycles. The first-order valence-electron chi connectivity index (χ1n) is 2.18. The molecule has 0 amide bonds. The predicted octanol–water partition coefficient (Wildman–Crippen LogP) is 1.12. The highest BCUT2D eigenvalue weighted by Crippen LogP contribution is 2.32. The van der Waals surface area contributed by atoms with Crippen molar-refractivity contribution in [3.8, 4) is 0 Å². The van der Waals surface area contributed by atoms with Crippen LogP contribution in [-0.4, -0.2) is 21.4 Å².